The van der Waals surface area contributed by atoms with Crippen LogP contribution < -0.4 is 0 Å². The fourth-order valence-electron chi connectivity index (χ4n) is 9.53. The first-order valence-corrected chi connectivity index (χ1v) is 19.3. The van der Waals surface area contributed by atoms with Crippen molar-refractivity contribution in [1.29, 1.82) is 21.0 Å². The van der Waals surface area contributed by atoms with Gasteiger partial charge in [0.2, 0.25) is 0 Å². The minimum absolute atomic E-state index is 0.148. The first-order valence-electron chi connectivity index (χ1n) is 19.3. The molecule has 0 amide bonds. The second-order valence-corrected chi connectivity index (χ2v) is 14.8. The first kappa shape index (κ1) is 33.1. The summed E-state index contributed by atoms with van der Waals surface area (Å²) < 4.78 is 16.6. The molecule has 0 spiro atoms. The van der Waals surface area contributed by atoms with Gasteiger partial charge in [0, 0.05) is 54.2 Å². The number of benzene rings is 8. The van der Waals surface area contributed by atoms with Crippen molar-refractivity contribution in [3.63, 3.8) is 0 Å². The lowest BCUT2D eigenvalue weighted by molar-refractivity contribution is 0.669. The third-order valence-electron chi connectivity index (χ3n) is 11.9. The highest BCUT2D eigenvalue weighted by molar-refractivity contribution is 6.29. The predicted molar refractivity (Wildman–Crippen MR) is 234 cm³/mol. The molecule has 0 saturated carbocycles. The first-order chi connectivity index (χ1) is 29.6. The van der Waals surface area contributed by atoms with Crippen LogP contribution in [-0.4, -0.2) is 9.13 Å². The van der Waals surface area contributed by atoms with Crippen LogP contribution in [0, 0.1) is 45.3 Å². The van der Waals surface area contributed by atoms with Crippen molar-refractivity contribution in [2.24, 2.45) is 0 Å². The number of hydrogen-bond donors (Lipinski definition) is 0. The highest BCUT2D eigenvalue weighted by atomic mass is 16.3. The van der Waals surface area contributed by atoms with Crippen LogP contribution in [0.25, 0.3) is 110 Å². The highest BCUT2D eigenvalue weighted by Crippen LogP contribution is 2.46. The maximum atomic E-state index is 11.1. The van der Waals surface area contributed by atoms with Gasteiger partial charge in [-0.05, 0) is 60.7 Å². The van der Waals surface area contributed by atoms with Crippen molar-refractivity contribution >= 4 is 87.5 Å². The average Bonchev–Trinajstić information content (AvgIpc) is 4.05. The molecule has 0 fully saturated rings. The minimum atomic E-state index is 0.148. The Morgan fingerprint density at radius 3 is 1.42 bits per heavy atom. The van der Waals surface area contributed by atoms with Crippen LogP contribution in [0.4, 0.5) is 0 Å². The van der Waals surface area contributed by atoms with E-state index in [1.165, 1.54) is 0 Å². The lowest BCUT2D eigenvalue weighted by Gasteiger charge is -2.19. The lowest BCUT2D eigenvalue weighted by atomic mass is 9.91. The van der Waals surface area contributed by atoms with E-state index in [4.69, 9.17) is 8.83 Å². The van der Waals surface area contributed by atoms with Crippen LogP contribution in [-0.2, 0) is 0 Å². The van der Waals surface area contributed by atoms with E-state index in [0.29, 0.717) is 22.5 Å². The molecule has 8 aromatic carbocycles. The molecule has 274 valence electrons. The number of hydrogen-bond acceptors (Lipinski definition) is 6. The van der Waals surface area contributed by atoms with Crippen LogP contribution in [0.3, 0.4) is 0 Å². The number of aromatic nitrogens is 2. The summed E-state index contributed by atoms with van der Waals surface area (Å²) in [6.07, 6.45) is 0. The standard InChI is InChI=1S/C52H24N6O2/c53-25-29-17-18-31(52(36(29)26-54)58-40-14-6-2-10-33(40)49-43(58)22-24-47-51(49)35-12-4-8-16-45(35)60-47)30-19-20-41(38(28-56)37(30)27-55)57-39-13-5-1-9-32(39)48-42(57)21-23-46-50(48)34-11-3-7-15-44(34)59-46/h1-24H. The monoisotopic (exact) mass is 764 g/mol. The Balaban J connectivity index is 1.18. The molecule has 8 nitrogen and oxygen atoms in total. The number of rotatable bonds is 3. The molecule has 0 atom stereocenters. The molecule has 0 N–H and O–H groups in total. The van der Waals surface area contributed by atoms with E-state index in [9.17, 15) is 21.0 Å². The molecule has 4 aromatic heterocycles. The molecular formula is C52H24N6O2. The van der Waals surface area contributed by atoms with Gasteiger partial charge in [0.25, 0.3) is 0 Å². The summed E-state index contributed by atoms with van der Waals surface area (Å²) >= 11 is 0. The smallest absolute Gasteiger partial charge is 0.136 e. The maximum Gasteiger partial charge on any atom is 0.136 e. The van der Waals surface area contributed by atoms with Crippen molar-refractivity contribution in [2.75, 3.05) is 0 Å². The summed E-state index contributed by atoms with van der Waals surface area (Å²) in [6, 6.07) is 56.2. The second kappa shape index (κ2) is 12.2. The molecule has 0 aliphatic rings. The molecular weight excluding hydrogens is 741 g/mol. The van der Waals surface area contributed by atoms with Gasteiger partial charge < -0.3 is 18.0 Å². The summed E-state index contributed by atoms with van der Waals surface area (Å²) in [5, 5.41) is 51.1. The number of fused-ring (bicyclic) bond motifs is 14. The number of para-hydroxylation sites is 4. The number of nitriles is 4. The van der Waals surface area contributed by atoms with Crippen molar-refractivity contribution in [3.05, 3.63) is 168 Å². The summed E-state index contributed by atoms with van der Waals surface area (Å²) in [6.45, 7) is 0. The predicted octanol–water partition coefficient (Wildman–Crippen LogP) is 12.8. The van der Waals surface area contributed by atoms with Crippen LogP contribution in [0.15, 0.2) is 154 Å². The van der Waals surface area contributed by atoms with Crippen LogP contribution in [0.5, 0.6) is 0 Å². The molecule has 12 aromatic rings. The van der Waals surface area contributed by atoms with E-state index < -0.39 is 0 Å². The Labute approximate surface area is 340 Å². The Morgan fingerprint density at radius 1 is 0.350 bits per heavy atom. The van der Waals surface area contributed by atoms with E-state index in [0.717, 1.165) is 87.5 Å². The fourth-order valence-corrected chi connectivity index (χ4v) is 9.53. The van der Waals surface area contributed by atoms with Crippen LogP contribution in [0.1, 0.15) is 22.3 Å². The summed E-state index contributed by atoms with van der Waals surface area (Å²) in [4.78, 5) is 0. The molecule has 4 heterocycles. The van der Waals surface area contributed by atoms with Crippen LogP contribution in [0.2, 0.25) is 0 Å². The summed E-state index contributed by atoms with van der Waals surface area (Å²) in [5.41, 5.74) is 8.98. The molecule has 0 radical (unpaired) electrons. The van der Waals surface area contributed by atoms with Crippen molar-refractivity contribution in [3.8, 4) is 46.8 Å². The van der Waals surface area contributed by atoms with Gasteiger partial charge in [-0.25, -0.2) is 0 Å². The van der Waals surface area contributed by atoms with Gasteiger partial charge in [-0.2, -0.15) is 21.0 Å². The lowest BCUT2D eigenvalue weighted by Crippen LogP contribution is -2.06. The molecule has 0 aliphatic carbocycles. The maximum absolute atomic E-state index is 11.1. The third-order valence-corrected chi connectivity index (χ3v) is 11.9. The summed E-state index contributed by atoms with van der Waals surface area (Å²) in [5.74, 6) is 0. The van der Waals surface area contributed by atoms with Gasteiger partial charge in [-0.3, -0.25) is 0 Å². The highest BCUT2D eigenvalue weighted by Gasteiger charge is 2.27. The molecule has 0 aliphatic heterocycles. The van der Waals surface area contributed by atoms with Gasteiger partial charge >= 0.3 is 0 Å². The van der Waals surface area contributed by atoms with Gasteiger partial charge in [-0.15, -0.1) is 0 Å². The SMILES string of the molecule is N#Cc1ccc(-c2ccc(-n3c4ccccc4c4c5c(ccc43)oc3ccccc35)c(C#N)c2C#N)c(-n2c3ccccc3c3c4c(ccc32)oc2ccccc24)c1C#N. The quantitative estimate of drug-likeness (QED) is 0.176. The molecule has 8 heteroatoms. The fraction of sp³-hybridized carbons (Fsp3) is 0. The molecule has 0 saturated heterocycles. The average molecular weight is 765 g/mol. The van der Waals surface area contributed by atoms with E-state index >= 15 is 0 Å². The Bertz CT molecular complexity index is 4070. The van der Waals surface area contributed by atoms with Crippen LogP contribution >= 0.6 is 0 Å². The Morgan fingerprint density at radius 2 is 0.850 bits per heavy atom. The van der Waals surface area contributed by atoms with Gasteiger partial charge in [0.05, 0.1) is 55.7 Å². The topological polar surface area (TPSA) is 131 Å². The van der Waals surface area contributed by atoms with E-state index in [2.05, 4.69) is 36.4 Å². The third kappa shape index (κ3) is 4.23. The normalized spacial score (nSPS) is 11.6. The van der Waals surface area contributed by atoms with Crippen molar-refractivity contribution < 1.29 is 8.83 Å². The second-order valence-electron chi connectivity index (χ2n) is 14.8. The zero-order valence-corrected chi connectivity index (χ0v) is 31.4. The molecule has 0 unspecified atom stereocenters. The van der Waals surface area contributed by atoms with E-state index in [1.807, 2.05) is 130 Å². The number of nitrogens with zero attached hydrogens (tertiary/aromatic N) is 6. The van der Waals surface area contributed by atoms with E-state index in [1.54, 1.807) is 12.1 Å². The zero-order chi connectivity index (χ0) is 40.2. The molecule has 60 heavy (non-hydrogen) atoms. The number of furan rings is 2. The summed E-state index contributed by atoms with van der Waals surface area (Å²) in [7, 11) is 0. The van der Waals surface area contributed by atoms with E-state index in [-0.39, 0.29) is 22.3 Å². The largest absolute Gasteiger partial charge is 0.456 e. The van der Waals surface area contributed by atoms with Gasteiger partial charge in [0.1, 0.15) is 46.6 Å². The van der Waals surface area contributed by atoms with Gasteiger partial charge in [-0.1, -0.05) is 84.9 Å². The Kier molecular flexibility index (Phi) is 6.73. The zero-order valence-electron chi connectivity index (χ0n) is 31.4. The van der Waals surface area contributed by atoms with Crippen molar-refractivity contribution in [2.45, 2.75) is 0 Å². The Hall–Kier alpha value is -9.08. The van der Waals surface area contributed by atoms with Crippen molar-refractivity contribution in [1.82, 2.24) is 9.13 Å². The molecule has 0 bridgehead atoms. The molecule has 12 rings (SSSR count). The minimum Gasteiger partial charge on any atom is -0.456 e. The van der Waals surface area contributed by atoms with Gasteiger partial charge in [0.15, 0.2) is 0 Å².